The Morgan fingerprint density at radius 3 is 3.20 bits per heavy atom. The average Bonchev–Trinajstić information content (AvgIpc) is 2.50. The Hall–Kier alpha value is -0.870. The number of hydrogen-bond donors (Lipinski definition) is 1. The van der Waals surface area contributed by atoms with Gasteiger partial charge in [0.25, 0.3) is 0 Å². The molecule has 4 heteroatoms. The summed E-state index contributed by atoms with van der Waals surface area (Å²) in [4.78, 5) is 15.0. The monoisotopic (exact) mass is 275 g/mol. The summed E-state index contributed by atoms with van der Waals surface area (Å²) in [7, 11) is 0. The topological polar surface area (TPSA) is 49.8 Å². The van der Waals surface area contributed by atoms with Gasteiger partial charge in [0.15, 0.2) is 0 Å². The summed E-state index contributed by atoms with van der Waals surface area (Å²) in [5.41, 5.74) is -1.60. The molecule has 2 saturated heterocycles. The number of ether oxygens (including phenoxy) is 1. The van der Waals surface area contributed by atoms with E-state index < -0.39 is 11.0 Å². The van der Waals surface area contributed by atoms with Crippen LogP contribution < -0.4 is 0 Å². The highest BCUT2D eigenvalue weighted by Gasteiger charge is 2.80. The SMILES string of the molecule is CC12CC34C5CCCN3CC=C[C@]4(O)C1CC5OC2=O. The Balaban J connectivity index is 1.81. The largest absolute Gasteiger partial charge is 0.462 e. The first-order valence-electron chi connectivity index (χ1n) is 7.89. The summed E-state index contributed by atoms with van der Waals surface area (Å²) < 4.78 is 5.79. The second kappa shape index (κ2) is 3.14. The van der Waals surface area contributed by atoms with Crippen molar-refractivity contribution >= 4 is 5.97 Å². The third kappa shape index (κ3) is 0.933. The van der Waals surface area contributed by atoms with Gasteiger partial charge in [0, 0.05) is 18.4 Å². The fourth-order valence-electron chi connectivity index (χ4n) is 6.40. The lowest BCUT2D eigenvalue weighted by molar-refractivity contribution is -0.221. The van der Waals surface area contributed by atoms with Crippen molar-refractivity contribution < 1.29 is 14.6 Å². The lowest BCUT2D eigenvalue weighted by atomic mass is 9.56. The molecule has 0 radical (unpaired) electrons. The summed E-state index contributed by atoms with van der Waals surface area (Å²) in [5.74, 6) is 0.254. The molecule has 20 heavy (non-hydrogen) atoms. The maximum Gasteiger partial charge on any atom is 0.312 e. The van der Waals surface area contributed by atoms with Crippen LogP contribution in [-0.2, 0) is 9.53 Å². The Bertz CT molecular complexity index is 546. The molecule has 2 aliphatic carbocycles. The van der Waals surface area contributed by atoms with E-state index in [2.05, 4.69) is 11.0 Å². The highest BCUT2D eigenvalue weighted by molar-refractivity contribution is 5.80. The maximum absolute atomic E-state index is 12.5. The fourth-order valence-corrected chi connectivity index (χ4v) is 6.40. The molecule has 3 aliphatic heterocycles. The van der Waals surface area contributed by atoms with Crippen LogP contribution in [0.4, 0.5) is 0 Å². The van der Waals surface area contributed by atoms with Crippen LogP contribution in [0.15, 0.2) is 12.2 Å². The van der Waals surface area contributed by atoms with Gasteiger partial charge in [0.05, 0.1) is 11.0 Å². The van der Waals surface area contributed by atoms with Crippen LogP contribution in [0.2, 0.25) is 0 Å². The molecular weight excluding hydrogens is 254 g/mol. The molecule has 5 aliphatic rings. The van der Waals surface area contributed by atoms with E-state index in [1.54, 1.807) is 0 Å². The standard InChI is InChI=1S/C16H21NO3/c1-14-9-15-10-4-2-6-17(15)7-3-5-16(15,19)12(14)8-11(10)20-13(14)18/h3,5,10-12,19H,2,4,6-9H2,1H3/t10?,11?,12?,14?,15?,16-/m0/s1. The van der Waals surface area contributed by atoms with Crippen molar-refractivity contribution in [2.45, 2.75) is 49.9 Å². The summed E-state index contributed by atoms with van der Waals surface area (Å²) in [6.07, 6.45) is 7.98. The zero-order valence-electron chi connectivity index (χ0n) is 11.8. The summed E-state index contributed by atoms with van der Waals surface area (Å²) in [6, 6.07) is 0. The molecule has 4 fully saturated rings. The summed E-state index contributed by atoms with van der Waals surface area (Å²) >= 11 is 0. The molecule has 0 aromatic carbocycles. The van der Waals surface area contributed by atoms with Gasteiger partial charge in [0.1, 0.15) is 11.7 Å². The number of hydrogen-bond acceptors (Lipinski definition) is 4. The van der Waals surface area contributed by atoms with Crippen molar-refractivity contribution in [1.82, 2.24) is 4.90 Å². The Kier molecular flexibility index (Phi) is 1.85. The smallest absolute Gasteiger partial charge is 0.312 e. The third-order valence-corrected chi connectivity index (χ3v) is 7.09. The minimum atomic E-state index is -0.832. The Morgan fingerprint density at radius 2 is 2.35 bits per heavy atom. The Morgan fingerprint density at radius 1 is 1.50 bits per heavy atom. The summed E-state index contributed by atoms with van der Waals surface area (Å²) in [6.45, 7) is 3.96. The lowest BCUT2D eigenvalue weighted by Gasteiger charge is -2.63. The van der Waals surface area contributed by atoms with Crippen LogP contribution in [0, 0.1) is 17.3 Å². The minimum Gasteiger partial charge on any atom is -0.462 e. The lowest BCUT2D eigenvalue weighted by Crippen LogP contribution is -2.74. The van der Waals surface area contributed by atoms with Gasteiger partial charge in [-0.2, -0.15) is 0 Å². The molecule has 4 nitrogen and oxygen atoms in total. The first-order valence-corrected chi connectivity index (χ1v) is 7.89. The van der Waals surface area contributed by atoms with Crippen molar-refractivity contribution in [1.29, 1.82) is 0 Å². The normalized spacial score (nSPS) is 59.5. The number of piperidine rings is 1. The molecule has 1 N–H and O–H groups in total. The van der Waals surface area contributed by atoms with E-state index in [9.17, 15) is 9.90 Å². The average molecular weight is 275 g/mol. The van der Waals surface area contributed by atoms with Gasteiger partial charge in [-0.05, 0) is 39.2 Å². The van der Waals surface area contributed by atoms with Crippen molar-refractivity contribution in [3.8, 4) is 0 Å². The molecule has 0 amide bonds. The third-order valence-electron chi connectivity index (χ3n) is 7.09. The second-order valence-electron chi connectivity index (χ2n) is 7.67. The van der Waals surface area contributed by atoms with Gasteiger partial charge in [-0.25, -0.2) is 0 Å². The molecule has 5 unspecified atom stereocenters. The van der Waals surface area contributed by atoms with E-state index in [1.807, 2.05) is 13.0 Å². The first kappa shape index (κ1) is 11.8. The summed E-state index contributed by atoms with van der Waals surface area (Å²) in [5, 5.41) is 11.6. The van der Waals surface area contributed by atoms with E-state index in [1.165, 1.54) is 0 Å². The maximum atomic E-state index is 12.5. The fraction of sp³-hybridized carbons (Fsp3) is 0.812. The molecule has 0 aromatic heterocycles. The highest BCUT2D eigenvalue weighted by atomic mass is 16.5. The molecule has 6 atom stereocenters. The number of fused-ring (bicyclic) bond motifs is 2. The van der Waals surface area contributed by atoms with Gasteiger partial charge >= 0.3 is 5.97 Å². The number of aliphatic hydroxyl groups is 1. The zero-order chi connectivity index (χ0) is 13.8. The van der Waals surface area contributed by atoms with Crippen LogP contribution >= 0.6 is 0 Å². The van der Waals surface area contributed by atoms with Crippen LogP contribution in [-0.4, -0.2) is 46.3 Å². The number of nitrogens with zero attached hydrogens (tertiary/aromatic N) is 1. The number of carbonyl (C=O) groups excluding carboxylic acids is 1. The predicted molar refractivity (Wildman–Crippen MR) is 71.8 cm³/mol. The van der Waals surface area contributed by atoms with Gasteiger partial charge in [-0.15, -0.1) is 0 Å². The molecule has 1 spiro atoms. The van der Waals surface area contributed by atoms with Crippen molar-refractivity contribution in [2.75, 3.05) is 13.1 Å². The van der Waals surface area contributed by atoms with E-state index in [0.717, 1.165) is 38.8 Å². The van der Waals surface area contributed by atoms with E-state index >= 15 is 0 Å². The molecule has 3 bridgehead atoms. The van der Waals surface area contributed by atoms with Crippen molar-refractivity contribution in [2.24, 2.45) is 17.3 Å². The Labute approximate surface area is 118 Å². The molecule has 3 heterocycles. The number of rotatable bonds is 0. The quantitative estimate of drug-likeness (QED) is 0.531. The van der Waals surface area contributed by atoms with Gasteiger partial charge in [0.2, 0.25) is 0 Å². The van der Waals surface area contributed by atoms with Crippen LogP contribution in [0.3, 0.4) is 0 Å². The van der Waals surface area contributed by atoms with Crippen LogP contribution in [0.25, 0.3) is 0 Å². The molecule has 5 rings (SSSR count). The highest BCUT2D eigenvalue weighted by Crippen LogP contribution is 2.70. The number of carbonyl (C=O) groups is 1. The van der Waals surface area contributed by atoms with Crippen molar-refractivity contribution in [3.63, 3.8) is 0 Å². The second-order valence-corrected chi connectivity index (χ2v) is 7.67. The predicted octanol–water partition coefficient (Wildman–Crippen LogP) is 1.09. The molecule has 0 aromatic rings. The van der Waals surface area contributed by atoms with E-state index in [4.69, 9.17) is 4.74 Å². The number of esters is 1. The van der Waals surface area contributed by atoms with Gasteiger partial charge in [-0.3, -0.25) is 9.69 Å². The molecule has 108 valence electrons. The molecular formula is C16H21NO3. The van der Waals surface area contributed by atoms with Crippen LogP contribution in [0.5, 0.6) is 0 Å². The van der Waals surface area contributed by atoms with E-state index in [0.29, 0.717) is 5.92 Å². The zero-order valence-corrected chi connectivity index (χ0v) is 11.8. The van der Waals surface area contributed by atoms with Gasteiger partial charge < -0.3 is 9.84 Å². The van der Waals surface area contributed by atoms with Crippen LogP contribution in [0.1, 0.15) is 32.6 Å². The first-order chi connectivity index (χ1) is 9.52. The minimum absolute atomic E-state index is 0.0228. The van der Waals surface area contributed by atoms with Crippen molar-refractivity contribution in [3.05, 3.63) is 12.2 Å². The van der Waals surface area contributed by atoms with Gasteiger partial charge in [-0.1, -0.05) is 12.2 Å². The molecule has 2 saturated carbocycles. The van der Waals surface area contributed by atoms with E-state index in [-0.39, 0.29) is 23.5 Å².